The van der Waals surface area contributed by atoms with Crippen LogP contribution >= 0.6 is 0 Å². The molecule has 4 nitrogen and oxygen atoms in total. The number of hydrogen-bond donors (Lipinski definition) is 0. The first-order valence-corrected chi connectivity index (χ1v) is 11.6. The van der Waals surface area contributed by atoms with Gasteiger partial charge in [0.15, 0.2) is 0 Å². The molecule has 0 aromatic heterocycles. The number of aryl methyl sites for hydroxylation is 2. The first-order chi connectivity index (χ1) is 15.7. The van der Waals surface area contributed by atoms with E-state index in [0.29, 0.717) is 6.61 Å². The van der Waals surface area contributed by atoms with Gasteiger partial charge in [-0.1, -0.05) is 64.4 Å². The number of hydrogen-bond acceptors (Lipinski definition) is 3. The number of ether oxygens (including phenoxy) is 2. The summed E-state index contributed by atoms with van der Waals surface area (Å²) >= 11 is 0. The monoisotopic (exact) mass is 445 g/mol. The Kier molecular flexibility index (Phi) is 7.80. The lowest BCUT2D eigenvalue weighted by Crippen LogP contribution is -2.28. The van der Waals surface area contributed by atoms with Crippen LogP contribution in [-0.4, -0.2) is 12.7 Å². The van der Waals surface area contributed by atoms with Crippen LogP contribution < -0.4 is 9.64 Å². The summed E-state index contributed by atoms with van der Waals surface area (Å²) in [7, 11) is 0. The van der Waals surface area contributed by atoms with E-state index in [9.17, 15) is 4.79 Å². The molecule has 1 amide bonds. The molecule has 0 heterocycles. The first-order valence-electron chi connectivity index (χ1n) is 11.6. The Labute approximate surface area is 198 Å². The van der Waals surface area contributed by atoms with Crippen LogP contribution in [-0.2, 0) is 10.2 Å². The van der Waals surface area contributed by atoms with E-state index in [1.165, 1.54) is 5.56 Å². The molecule has 0 saturated heterocycles. The highest BCUT2D eigenvalue weighted by molar-refractivity contribution is 5.97. The normalized spacial score (nSPS) is 11.2. The summed E-state index contributed by atoms with van der Waals surface area (Å²) < 4.78 is 11.8. The minimum atomic E-state index is -0.372. The molecule has 0 bridgehead atoms. The lowest BCUT2D eigenvalue weighted by molar-refractivity contribution is 0.154. The van der Waals surface area contributed by atoms with Crippen molar-refractivity contribution in [2.24, 2.45) is 0 Å². The van der Waals surface area contributed by atoms with Crippen LogP contribution in [0.5, 0.6) is 11.5 Å². The number of unbranched alkanes of at least 4 members (excludes halogenated alkanes) is 1. The molecule has 33 heavy (non-hydrogen) atoms. The van der Waals surface area contributed by atoms with Crippen LogP contribution in [0.4, 0.5) is 16.2 Å². The molecular formula is C29H35NO3. The molecule has 0 atom stereocenters. The van der Waals surface area contributed by atoms with E-state index in [4.69, 9.17) is 9.47 Å². The maximum atomic E-state index is 13.1. The van der Waals surface area contributed by atoms with Crippen LogP contribution in [0.15, 0.2) is 66.7 Å². The van der Waals surface area contributed by atoms with Crippen molar-refractivity contribution in [3.8, 4) is 11.5 Å². The minimum absolute atomic E-state index is 0.0442. The van der Waals surface area contributed by atoms with Crippen molar-refractivity contribution in [2.75, 3.05) is 11.5 Å². The number of benzene rings is 3. The maximum absolute atomic E-state index is 13.1. The molecule has 0 unspecified atom stereocenters. The highest BCUT2D eigenvalue weighted by atomic mass is 16.6. The SMILES string of the molecule is CCCCOC(=O)N(c1ccccc1)c1cc(C)c(Oc2cccc(C(C)(C)C)c2)cc1C. The fourth-order valence-electron chi connectivity index (χ4n) is 3.57. The lowest BCUT2D eigenvalue weighted by Gasteiger charge is -2.25. The van der Waals surface area contributed by atoms with Crippen LogP contribution in [0.25, 0.3) is 0 Å². The van der Waals surface area contributed by atoms with E-state index in [1.807, 2.05) is 68.4 Å². The number of amides is 1. The van der Waals surface area contributed by atoms with E-state index in [1.54, 1.807) is 4.90 Å². The summed E-state index contributed by atoms with van der Waals surface area (Å²) in [6.45, 7) is 13.0. The predicted octanol–water partition coefficient (Wildman–Crippen LogP) is 8.47. The standard InChI is InChI=1S/C29H35NO3/c1-7-8-17-32-28(31)30(24-14-10-9-11-15-24)26-18-22(3)27(19-21(26)2)33-25-16-12-13-23(20-25)29(4,5)6/h9-16,18-20H,7-8,17H2,1-6H3. The second-order valence-corrected chi connectivity index (χ2v) is 9.42. The molecule has 0 radical (unpaired) electrons. The van der Waals surface area contributed by atoms with Crippen LogP contribution in [0, 0.1) is 13.8 Å². The molecule has 0 saturated carbocycles. The van der Waals surface area contributed by atoms with Crippen molar-refractivity contribution in [1.82, 2.24) is 0 Å². The van der Waals surface area contributed by atoms with Crippen LogP contribution in [0.3, 0.4) is 0 Å². The van der Waals surface area contributed by atoms with Gasteiger partial charge in [-0.05, 0) is 78.8 Å². The Balaban J connectivity index is 1.94. The van der Waals surface area contributed by atoms with Crippen molar-refractivity contribution in [2.45, 2.75) is 59.8 Å². The Morgan fingerprint density at radius 2 is 1.64 bits per heavy atom. The first kappa shape index (κ1) is 24.4. The molecule has 0 fully saturated rings. The molecule has 3 rings (SSSR count). The molecule has 0 aliphatic rings. The zero-order chi connectivity index (χ0) is 24.0. The number of para-hydroxylation sites is 1. The molecule has 0 N–H and O–H groups in total. The number of anilines is 2. The number of rotatable bonds is 7. The summed E-state index contributed by atoms with van der Waals surface area (Å²) in [5.74, 6) is 1.58. The van der Waals surface area contributed by atoms with Gasteiger partial charge in [0.2, 0.25) is 0 Å². The van der Waals surface area contributed by atoms with Gasteiger partial charge in [0.1, 0.15) is 11.5 Å². The quantitative estimate of drug-likeness (QED) is 0.342. The third-order valence-electron chi connectivity index (χ3n) is 5.58. The van der Waals surface area contributed by atoms with E-state index in [-0.39, 0.29) is 11.5 Å². The zero-order valence-corrected chi connectivity index (χ0v) is 20.6. The van der Waals surface area contributed by atoms with Crippen LogP contribution in [0.2, 0.25) is 0 Å². The molecule has 0 aliphatic carbocycles. The average molecular weight is 446 g/mol. The Hall–Kier alpha value is -3.27. The van der Waals surface area contributed by atoms with Crippen molar-refractivity contribution in [1.29, 1.82) is 0 Å². The molecule has 0 aliphatic heterocycles. The molecule has 174 valence electrons. The number of carbonyl (C=O) groups excluding carboxylic acids is 1. The van der Waals surface area contributed by atoms with Gasteiger partial charge >= 0.3 is 6.09 Å². The average Bonchev–Trinajstić information content (AvgIpc) is 2.78. The van der Waals surface area contributed by atoms with Gasteiger partial charge in [0.05, 0.1) is 18.0 Å². The van der Waals surface area contributed by atoms with Gasteiger partial charge in [0.25, 0.3) is 0 Å². The molecule has 0 spiro atoms. The summed E-state index contributed by atoms with van der Waals surface area (Å²) in [4.78, 5) is 14.7. The highest BCUT2D eigenvalue weighted by Crippen LogP contribution is 2.36. The summed E-state index contributed by atoms with van der Waals surface area (Å²) in [5, 5.41) is 0. The third kappa shape index (κ3) is 6.16. The summed E-state index contributed by atoms with van der Waals surface area (Å²) in [5.41, 5.74) is 4.70. The van der Waals surface area contributed by atoms with Crippen molar-refractivity contribution in [3.05, 3.63) is 83.4 Å². The molecular weight excluding hydrogens is 410 g/mol. The third-order valence-corrected chi connectivity index (χ3v) is 5.58. The smallest absolute Gasteiger partial charge is 0.418 e. The maximum Gasteiger partial charge on any atom is 0.418 e. The Bertz CT molecular complexity index is 1080. The van der Waals surface area contributed by atoms with E-state index >= 15 is 0 Å². The lowest BCUT2D eigenvalue weighted by atomic mass is 9.87. The highest BCUT2D eigenvalue weighted by Gasteiger charge is 2.23. The fourth-order valence-corrected chi connectivity index (χ4v) is 3.57. The molecule has 3 aromatic carbocycles. The van der Waals surface area contributed by atoms with Gasteiger partial charge in [-0.25, -0.2) is 9.69 Å². The number of carbonyl (C=O) groups is 1. The van der Waals surface area contributed by atoms with E-state index < -0.39 is 0 Å². The van der Waals surface area contributed by atoms with Crippen molar-refractivity contribution in [3.63, 3.8) is 0 Å². The van der Waals surface area contributed by atoms with Gasteiger partial charge in [-0.3, -0.25) is 0 Å². The van der Waals surface area contributed by atoms with Crippen molar-refractivity contribution < 1.29 is 14.3 Å². The van der Waals surface area contributed by atoms with E-state index in [2.05, 4.69) is 39.8 Å². The fraction of sp³-hybridized carbons (Fsp3) is 0.345. The second-order valence-electron chi connectivity index (χ2n) is 9.42. The molecule has 3 aromatic rings. The van der Waals surface area contributed by atoms with Gasteiger partial charge in [-0.15, -0.1) is 0 Å². The van der Waals surface area contributed by atoms with Crippen molar-refractivity contribution >= 4 is 17.5 Å². The topological polar surface area (TPSA) is 38.8 Å². The Morgan fingerprint density at radius 1 is 0.909 bits per heavy atom. The van der Waals surface area contributed by atoms with Gasteiger partial charge < -0.3 is 9.47 Å². The Morgan fingerprint density at radius 3 is 2.30 bits per heavy atom. The summed E-state index contributed by atoms with van der Waals surface area (Å²) in [6, 6.07) is 21.8. The van der Waals surface area contributed by atoms with Gasteiger partial charge in [0, 0.05) is 0 Å². The number of nitrogens with zero attached hydrogens (tertiary/aromatic N) is 1. The predicted molar refractivity (Wildman–Crippen MR) is 136 cm³/mol. The van der Waals surface area contributed by atoms with Gasteiger partial charge in [-0.2, -0.15) is 0 Å². The van der Waals surface area contributed by atoms with Crippen LogP contribution in [0.1, 0.15) is 57.2 Å². The second kappa shape index (κ2) is 10.6. The largest absolute Gasteiger partial charge is 0.457 e. The zero-order valence-electron chi connectivity index (χ0n) is 20.6. The summed E-state index contributed by atoms with van der Waals surface area (Å²) in [6.07, 6.45) is 1.44. The molecule has 4 heteroatoms. The van der Waals surface area contributed by atoms with E-state index in [0.717, 1.165) is 46.8 Å². The minimum Gasteiger partial charge on any atom is -0.457 e.